The molecule has 0 aliphatic rings. The lowest BCUT2D eigenvalue weighted by Crippen LogP contribution is -2.28. The SMILES string of the molecule is CCC(N)CNc1nc(-c2cc(Cl)ccc2O)ncc1-c1ccco1. The van der Waals surface area contributed by atoms with Crippen molar-refractivity contribution in [3.63, 3.8) is 0 Å². The molecule has 1 unspecified atom stereocenters. The number of rotatable bonds is 6. The van der Waals surface area contributed by atoms with Crippen LogP contribution in [0.3, 0.4) is 0 Å². The van der Waals surface area contributed by atoms with Gasteiger partial charge >= 0.3 is 0 Å². The molecule has 7 heteroatoms. The maximum absolute atomic E-state index is 10.1. The molecular formula is C18H19ClN4O2. The Morgan fingerprint density at radius 3 is 2.88 bits per heavy atom. The largest absolute Gasteiger partial charge is 0.507 e. The molecular weight excluding hydrogens is 340 g/mol. The Morgan fingerprint density at radius 1 is 1.32 bits per heavy atom. The molecule has 0 saturated carbocycles. The van der Waals surface area contributed by atoms with Gasteiger partial charge in [-0.1, -0.05) is 18.5 Å². The first kappa shape index (κ1) is 17.3. The molecule has 1 atom stereocenters. The molecule has 0 bridgehead atoms. The lowest BCUT2D eigenvalue weighted by atomic mass is 10.1. The van der Waals surface area contributed by atoms with Gasteiger partial charge in [-0.15, -0.1) is 0 Å². The van der Waals surface area contributed by atoms with E-state index in [4.69, 9.17) is 21.8 Å². The molecule has 0 aliphatic carbocycles. The molecule has 3 aromatic rings. The predicted octanol–water partition coefficient (Wildman–Crippen LogP) is 3.91. The summed E-state index contributed by atoms with van der Waals surface area (Å²) in [5.74, 6) is 1.66. The topological polar surface area (TPSA) is 97.2 Å². The number of phenolic OH excluding ortho intramolecular Hbond substituents is 1. The van der Waals surface area contributed by atoms with Gasteiger partial charge in [0.1, 0.15) is 17.3 Å². The highest BCUT2D eigenvalue weighted by Crippen LogP contribution is 2.33. The van der Waals surface area contributed by atoms with Crippen molar-refractivity contribution in [2.24, 2.45) is 5.73 Å². The van der Waals surface area contributed by atoms with Crippen molar-refractivity contribution in [1.29, 1.82) is 0 Å². The fraction of sp³-hybridized carbons (Fsp3) is 0.222. The van der Waals surface area contributed by atoms with Gasteiger partial charge in [0, 0.05) is 23.8 Å². The van der Waals surface area contributed by atoms with Gasteiger partial charge in [-0.2, -0.15) is 0 Å². The molecule has 0 fully saturated rings. The third-order valence-electron chi connectivity index (χ3n) is 3.83. The summed E-state index contributed by atoms with van der Waals surface area (Å²) in [6.07, 6.45) is 4.09. The molecule has 0 spiro atoms. The van der Waals surface area contributed by atoms with E-state index in [9.17, 15) is 5.11 Å². The van der Waals surface area contributed by atoms with E-state index in [1.807, 2.05) is 13.0 Å². The molecule has 3 rings (SSSR count). The smallest absolute Gasteiger partial charge is 0.165 e. The molecule has 130 valence electrons. The molecule has 6 nitrogen and oxygen atoms in total. The maximum atomic E-state index is 10.1. The molecule has 25 heavy (non-hydrogen) atoms. The number of benzene rings is 1. The number of phenols is 1. The molecule has 1 aromatic carbocycles. The minimum absolute atomic E-state index is 0.00226. The van der Waals surface area contributed by atoms with Crippen LogP contribution >= 0.6 is 11.6 Å². The first-order valence-corrected chi connectivity index (χ1v) is 8.35. The summed E-state index contributed by atoms with van der Waals surface area (Å²) in [7, 11) is 0. The van der Waals surface area contributed by atoms with E-state index in [0.717, 1.165) is 12.0 Å². The van der Waals surface area contributed by atoms with Crippen molar-refractivity contribution in [3.05, 3.63) is 47.8 Å². The van der Waals surface area contributed by atoms with E-state index in [2.05, 4.69) is 15.3 Å². The quantitative estimate of drug-likeness (QED) is 0.618. The van der Waals surface area contributed by atoms with E-state index < -0.39 is 0 Å². The summed E-state index contributed by atoms with van der Waals surface area (Å²) < 4.78 is 5.46. The average Bonchev–Trinajstić information content (AvgIpc) is 3.16. The fourth-order valence-electron chi connectivity index (χ4n) is 2.32. The van der Waals surface area contributed by atoms with Crippen molar-refractivity contribution in [3.8, 4) is 28.5 Å². The first-order valence-electron chi connectivity index (χ1n) is 7.97. The van der Waals surface area contributed by atoms with Crippen molar-refractivity contribution < 1.29 is 9.52 Å². The third kappa shape index (κ3) is 3.92. The van der Waals surface area contributed by atoms with Gasteiger partial charge in [0.05, 0.1) is 17.4 Å². The average molecular weight is 359 g/mol. The van der Waals surface area contributed by atoms with Crippen LogP contribution in [-0.2, 0) is 0 Å². The highest BCUT2D eigenvalue weighted by Gasteiger charge is 2.15. The van der Waals surface area contributed by atoms with Gasteiger partial charge in [0.25, 0.3) is 0 Å². The normalized spacial score (nSPS) is 12.1. The lowest BCUT2D eigenvalue weighted by Gasteiger charge is -2.14. The van der Waals surface area contributed by atoms with Gasteiger partial charge in [-0.25, -0.2) is 9.97 Å². The summed E-state index contributed by atoms with van der Waals surface area (Å²) in [4.78, 5) is 8.90. The van der Waals surface area contributed by atoms with Crippen LogP contribution in [0.5, 0.6) is 5.75 Å². The summed E-state index contributed by atoms with van der Waals surface area (Å²) in [5.41, 5.74) is 7.18. The Hall–Kier alpha value is -2.57. The zero-order valence-electron chi connectivity index (χ0n) is 13.7. The number of hydrogen-bond donors (Lipinski definition) is 3. The maximum Gasteiger partial charge on any atom is 0.165 e. The van der Waals surface area contributed by atoms with E-state index in [1.165, 1.54) is 6.07 Å². The molecule has 0 amide bonds. The van der Waals surface area contributed by atoms with Crippen molar-refractivity contribution in [2.75, 3.05) is 11.9 Å². The van der Waals surface area contributed by atoms with Crippen LogP contribution in [0, 0.1) is 0 Å². The second-order valence-corrected chi connectivity index (χ2v) is 6.08. The number of anilines is 1. The number of furan rings is 1. The van der Waals surface area contributed by atoms with Gasteiger partial charge in [0.2, 0.25) is 0 Å². The molecule has 2 heterocycles. The summed E-state index contributed by atoms with van der Waals surface area (Å²) >= 11 is 6.03. The minimum Gasteiger partial charge on any atom is -0.507 e. The van der Waals surface area contributed by atoms with Crippen LogP contribution in [0.1, 0.15) is 13.3 Å². The number of aromatic nitrogens is 2. The van der Waals surface area contributed by atoms with Crippen LogP contribution < -0.4 is 11.1 Å². The number of halogens is 1. The highest BCUT2D eigenvalue weighted by atomic mass is 35.5. The van der Waals surface area contributed by atoms with E-state index in [-0.39, 0.29) is 11.8 Å². The molecule has 4 N–H and O–H groups in total. The van der Waals surface area contributed by atoms with Crippen LogP contribution in [0.25, 0.3) is 22.7 Å². The minimum atomic E-state index is 0.00226. The fourth-order valence-corrected chi connectivity index (χ4v) is 2.49. The number of nitrogens with two attached hydrogens (primary N) is 1. The first-order chi connectivity index (χ1) is 12.1. The van der Waals surface area contributed by atoms with Gasteiger partial charge in [-0.05, 0) is 36.8 Å². The van der Waals surface area contributed by atoms with E-state index >= 15 is 0 Å². The number of nitrogens with one attached hydrogen (secondary N) is 1. The Labute approximate surface area is 150 Å². The Bertz CT molecular complexity index is 852. The molecule has 2 aromatic heterocycles. The lowest BCUT2D eigenvalue weighted by molar-refractivity contribution is 0.477. The number of hydrogen-bond acceptors (Lipinski definition) is 6. The van der Waals surface area contributed by atoms with Crippen molar-refractivity contribution in [2.45, 2.75) is 19.4 Å². The van der Waals surface area contributed by atoms with E-state index in [1.54, 1.807) is 30.7 Å². The zero-order chi connectivity index (χ0) is 17.8. The second kappa shape index (κ2) is 7.55. The Kier molecular flexibility index (Phi) is 5.21. The monoisotopic (exact) mass is 358 g/mol. The Morgan fingerprint density at radius 2 is 2.16 bits per heavy atom. The highest BCUT2D eigenvalue weighted by molar-refractivity contribution is 6.30. The predicted molar refractivity (Wildman–Crippen MR) is 98.6 cm³/mol. The molecule has 0 saturated heterocycles. The van der Waals surface area contributed by atoms with E-state index in [0.29, 0.717) is 34.5 Å². The molecule has 0 aliphatic heterocycles. The summed E-state index contributed by atoms with van der Waals surface area (Å²) in [5, 5.41) is 13.8. The van der Waals surface area contributed by atoms with Crippen LogP contribution in [0.4, 0.5) is 5.82 Å². The Balaban J connectivity index is 2.03. The summed E-state index contributed by atoms with van der Waals surface area (Å²) in [6, 6.07) is 8.38. The zero-order valence-corrected chi connectivity index (χ0v) is 14.5. The standard InChI is InChI=1S/C18H19ClN4O2/c1-2-12(20)9-21-18-14(16-4-3-7-25-16)10-22-17(23-18)13-8-11(19)5-6-15(13)24/h3-8,10,12,24H,2,9,20H2,1H3,(H,21,22,23). The van der Waals surface area contributed by atoms with Crippen molar-refractivity contribution >= 4 is 17.4 Å². The summed E-state index contributed by atoms with van der Waals surface area (Å²) in [6.45, 7) is 2.58. The van der Waals surface area contributed by atoms with Gasteiger partial charge in [-0.3, -0.25) is 0 Å². The van der Waals surface area contributed by atoms with Crippen LogP contribution in [-0.4, -0.2) is 27.7 Å². The van der Waals surface area contributed by atoms with Crippen LogP contribution in [0.2, 0.25) is 5.02 Å². The second-order valence-electron chi connectivity index (χ2n) is 5.64. The van der Waals surface area contributed by atoms with Gasteiger partial charge in [0.15, 0.2) is 5.82 Å². The third-order valence-corrected chi connectivity index (χ3v) is 4.07. The van der Waals surface area contributed by atoms with Crippen LogP contribution in [0.15, 0.2) is 47.2 Å². The number of nitrogens with zero attached hydrogens (tertiary/aromatic N) is 2. The molecule has 0 radical (unpaired) electrons. The van der Waals surface area contributed by atoms with Gasteiger partial charge < -0.3 is 20.6 Å². The van der Waals surface area contributed by atoms with Crippen molar-refractivity contribution in [1.82, 2.24) is 9.97 Å². The number of aromatic hydroxyl groups is 1.